The Hall–Kier alpha value is -2.26. The molecule has 4 rings (SSSR count). The zero-order chi connectivity index (χ0) is 19.6. The number of fused-ring (bicyclic) bond motifs is 2. The molecule has 2 N–H and O–H groups in total. The van der Waals surface area contributed by atoms with Crippen molar-refractivity contribution in [2.45, 2.75) is 11.3 Å². The maximum Gasteiger partial charge on any atom is 0.240 e. The molecule has 0 radical (unpaired) electrons. The van der Waals surface area contributed by atoms with Crippen LogP contribution in [-0.4, -0.2) is 57.7 Å². The number of hydrogen-bond acceptors (Lipinski definition) is 5. The number of nitrogens with zero attached hydrogens (tertiary/aromatic N) is 1. The number of sulfonamides is 1. The third kappa shape index (κ3) is 3.95. The summed E-state index contributed by atoms with van der Waals surface area (Å²) in [5.74, 6) is 0. The molecule has 1 fully saturated rings. The second kappa shape index (κ2) is 8.00. The molecule has 1 aromatic heterocycles. The number of H-pyrrole nitrogens is 1. The summed E-state index contributed by atoms with van der Waals surface area (Å²) in [5, 5.41) is 0.915. The molecule has 1 saturated heterocycles. The van der Waals surface area contributed by atoms with Crippen molar-refractivity contribution >= 4 is 31.8 Å². The lowest BCUT2D eigenvalue weighted by Crippen LogP contribution is -2.38. The van der Waals surface area contributed by atoms with Crippen LogP contribution in [0.1, 0.15) is 6.42 Å². The lowest BCUT2D eigenvalue weighted by atomic mass is 10.1. The fraction of sp³-hybridized carbons (Fsp3) is 0.350. The van der Waals surface area contributed by atoms with Crippen molar-refractivity contribution in [2.24, 2.45) is 0 Å². The van der Waals surface area contributed by atoms with Crippen molar-refractivity contribution < 1.29 is 13.2 Å². The van der Waals surface area contributed by atoms with Gasteiger partial charge in [0.25, 0.3) is 0 Å². The van der Waals surface area contributed by atoms with Gasteiger partial charge in [-0.05, 0) is 43.3 Å². The number of aromatic nitrogens is 1. The number of para-hydroxylation sites is 1. The fourth-order valence-electron chi connectivity index (χ4n) is 3.48. The van der Waals surface area contributed by atoms with Gasteiger partial charge in [-0.25, -0.2) is 13.1 Å². The van der Waals surface area contributed by atoms with E-state index >= 15 is 0 Å². The molecule has 0 aliphatic carbocycles. The van der Waals surface area contributed by atoms with E-state index in [4.69, 9.17) is 4.74 Å². The van der Waals surface area contributed by atoms with Crippen molar-refractivity contribution in [1.82, 2.24) is 14.6 Å². The Morgan fingerprint density at radius 2 is 1.79 bits per heavy atom. The van der Waals surface area contributed by atoms with Crippen LogP contribution < -0.4 is 10.2 Å². The van der Waals surface area contributed by atoms with Crippen LogP contribution in [0.5, 0.6) is 0 Å². The van der Waals surface area contributed by atoms with Gasteiger partial charge in [-0.1, -0.05) is 12.1 Å². The summed E-state index contributed by atoms with van der Waals surface area (Å²) < 4.78 is 33.2. The topological polar surface area (TPSA) is 91.5 Å². The lowest BCUT2D eigenvalue weighted by Gasteiger charge is -2.26. The molecular formula is C20H23N3O4S. The van der Waals surface area contributed by atoms with E-state index in [-0.39, 0.29) is 10.3 Å². The predicted molar refractivity (Wildman–Crippen MR) is 109 cm³/mol. The van der Waals surface area contributed by atoms with E-state index in [0.717, 1.165) is 44.8 Å². The molecular weight excluding hydrogens is 378 g/mol. The Kier molecular flexibility index (Phi) is 5.45. The summed E-state index contributed by atoms with van der Waals surface area (Å²) in [6.45, 7) is 4.40. The summed E-state index contributed by atoms with van der Waals surface area (Å²) in [7, 11) is -3.67. The zero-order valence-corrected chi connectivity index (χ0v) is 16.3. The first-order valence-corrected chi connectivity index (χ1v) is 10.9. The van der Waals surface area contributed by atoms with Crippen LogP contribution in [-0.2, 0) is 14.8 Å². The second-order valence-corrected chi connectivity index (χ2v) is 8.68. The Morgan fingerprint density at radius 3 is 2.61 bits per heavy atom. The number of nitrogens with one attached hydrogen (secondary N) is 2. The summed E-state index contributed by atoms with van der Waals surface area (Å²) >= 11 is 0. The van der Waals surface area contributed by atoms with Gasteiger partial charge in [0, 0.05) is 41.4 Å². The van der Waals surface area contributed by atoms with Gasteiger partial charge in [-0.3, -0.25) is 9.69 Å². The smallest absolute Gasteiger partial charge is 0.240 e. The molecule has 0 amide bonds. The highest BCUT2D eigenvalue weighted by Gasteiger charge is 2.16. The quantitative estimate of drug-likeness (QED) is 0.484. The van der Waals surface area contributed by atoms with Gasteiger partial charge in [0.05, 0.1) is 18.1 Å². The normalized spacial score (nSPS) is 16.0. The van der Waals surface area contributed by atoms with Crippen LogP contribution in [0.4, 0.5) is 0 Å². The summed E-state index contributed by atoms with van der Waals surface area (Å²) in [6, 6.07) is 11.8. The highest BCUT2D eigenvalue weighted by Crippen LogP contribution is 2.18. The monoisotopic (exact) mass is 401 g/mol. The molecule has 8 heteroatoms. The first-order chi connectivity index (χ1) is 13.5. The minimum atomic E-state index is -3.67. The molecule has 0 spiro atoms. The third-order valence-electron chi connectivity index (χ3n) is 5.03. The van der Waals surface area contributed by atoms with Crippen molar-refractivity contribution in [3.63, 3.8) is 0 Å². The van der Waals surface area contributed by atoms with Crippen LogP contribution in [0.25, 0.3) is 21.8 Å². The maximum atomic E-state index is 12.8. The molecule has 7 nitrogen and oxygen atoms in total. The molecule has 0 bridgehead atoms. The molecule has 148 valence electrons. The lowest BCUT2D eigenvalue weighted by molar-refractivity contribution is 0.0376. The molecule has 28 heavy (non-hydrogen) atoms. The van der Waals surface area contributed by atoms with Crippen molar-refractivity contribution in [2.75, 3.05) is 39.4 Å². The molecule has 1 aliphatic rings. The molecule has 0 saturated carbocycles. The van der Waals surface area contributed by atoms with E-state index in [1.807, 2.05) is 12.1 Å². The van der Waals surface area contributed by atoms with Crippen molar-refractivity contribution in [1.29, 1.82) is 0 Å². The summed E-state index contributed by atoms with van der Waals surface area (Å²) in [4.78, 5) is 18.3. The van der Waals surface area contributed by atoms with Crippen LogP contribution >= 0.6 is 0 Å². The highest BCUT2D eigenvalue weighted by molar-refractivity contribution is 7.89. The van der Waals surface area contributed by atoms with Gasteiger partial charge in [0.15, 0.2) is 5.43 Å². The van der Waals surface area contributed by atoms with Gasteiger partial charge in [0.2, 0.25) is 10.0 Å². The number of pyridine rings is 1. The summed E-state index contributed by atoms with van der Waals surface area (Å²) in [6.07, 6.45) is 0.720. The second-order valence-electron chi connectivity index (χ2n) is 6.91. The van der Waals surface area contributed by atoms with Crippen LogP contribution in [0, 0.1) is 0 Å². The standard InChI is InChI=1S/C20H23N3O4S/c24-20-16-4-1-2-5-18(16)22-19-7-6-15(14-17(19)20)28(25,26)21-8-3-9-23-10-12-27-13-11-23/h1-2,4-7,14,21H,3,8-13H2,(H,22,24). The Labute approximate surface area is 163 Å². The number of rotatable bonds is 6. The third-order valence-corrected chi connectivity index (χ3v) is 6.49. The van der Waals surface area contributed by atoms with E-state index in [9.17, 15) is 13.2 Å². The van der Waals surface area contributed by atoms with Crippen molar-refractivity contribution in [3.8, 4) is 0 Å². The van der Waals surface area contributed by atoms with Gasteiger partial charge in [-0.15, -0.1) is 0 Å². The van der Waals surface area contributed by atoms with Crippen LogP contribution in [0.3, 0.4) is 0 Å². The molecule has 3 aromatic rings. The molecule has 2 heterocycles. The van der Waals surface area contributed by atoms with Gasteiger partial charge in [0.1, 0.15) is 0 Å². The first-order valence-electron chi connectivity index (χ1n) is 9.39. The fourth-order valence-corrected chi connectivity index (χ4v) is 4.58. The molecule has 0 unspecified atom stereocenters. The van der Waals surface area contributed by atoms with Gasteiger partial charge in [-0.2, -0.15) is 0 Å². The minimum absolute atomic E-state index is 0.104. The molecule has 0 atom stereocenters. The average molecular weight is 401 g/mol. The molecule has 2 aromatic carbocycles. The van der Waals surface area contributed by atoms with Gasteiger partial charge < -0.3 is 9.72 Å². The first kappa shape index (κ1) is 19.1. The number of benzene rings is 2. The highest BCUT2D eigenvalue weighted by atomic mass is 32.2. The average Bonchev–Trinajstić information content (AvgIpc) is 2.72. The Balaban J connectivity index is 1.51. The maximum absolute atomic E-state index is 12.8. The number of morpholine rings is 1. The largest absolute Gasteiger partial charge is 0.379 e. The number of aromatic amines is 1. The van der Waals surface area contributed by atoms with E-state index in [1.165, 1.54) is 12.1 Å². The number of ether oxygens (including phenoxy) is 1. The summed E-state index contributed by atoms with van der Waals surface area (Å²) in [5.41, 5.74) is 1.18. The van der Waals surface area contributed by atoms with Crippen LogP contribution in [0.2, 0.25) is 0 Å². The minimum Gasteiger partial charge on any atom is -0.379 e. The Bertz CT molecular complexity index is 1150. The number of hydrogen-bond donors (Lipinski definition) is 2. The molecule has 1 aliphatic heterocycles. The van der Waals surface area contributed by atoms with E-state index < -0.39 is 10.0 Å². The zero-order valence-electron chi connectivity index (χ0n) is 15.5. The van der Waals surface area contributed by atoms with Crippen LogP contribution in [0.15, 0.2) is 52.2 Å². The van der Waals surface area contributed by atoms with E-state index in [2.05, 4.69) is 14.6 Å². The van der Waals surface area contributed by atoms with Crippen molar-refractivity contribution in [3.05, 3.63) is 52.7 Å². The Morgan fingerprint density at radius 1 is 1.04 bits per heavy atom. The van der Waals surface area contributed by atoms with Gasteiger partial charge >= 0.3 is 0 Å². The van der Waals surface area contributed by atoms with E-state index in [0.29, 0.717) is 22.8 Å². The van der Waals surface area contributed by atoms with E-state index in [1.54, 1.807) is 18.2 Å². The SMILES string of the molecule is O=c1c2ccccc2[nH]c2ccc(S(=O)(=O)NCCCN3CCOCC3)cc12. The predicted octanol–water partition coefficient (Wildman–Crippen LogP) is 1.68.